The number of nitrogens with one attached hydrogen (secondary N) is 1. The summed E-state index contributed by atoms with van der Waals surface area (Å²) < 4.78 is 5.16. The maximum absolute atomic E-state index is 11.9. The zero-order valence-corrected chi connectivity index (χ0v) is 13.9. The summed E-state index contributed by atoms with van der Waals surface area (Å²) in [4.78, 5) is 11.9. The van der Waals surface area contributed by atoms with Crippen LogP contribution in [0.2, 0.25) is 0 Å². The molecule has 0 aromatic heterocycles. The first-order chi connectivity index (χ1) is 9.76. The minimum Gasteiger partial charge on any atom is -0.465 e. The zero-order chi connectivity index (χ0) is 15.1. The first-order valence-corrected chi connectivity index (χ1v) is 8.66. The predicted octanol–water partition coefficient (Wildman–Crippen LogP) is 4.45. The molecule has 0 saturated carbocycles. The van der Waals surface area contributed by atoms with Crippen LogP contribution in [0.4, 0.5) is 0 Å². The van der Waals surface area contributed by atoms with E-state index in [-0.39, 0.29) is 12.0 Å². The van der Waals surface area contributed by atoms with Gasteiger partial charge in [0.05, 0.1) is 6.61 Å². The summed E-state index contributed by atoms with van der Waals surface area (Å²) in [5.41, 5.74) is 0. The summed E-state index contributed by atoms with van der Waals surface area (Å²) in [6, 6.07) is -0.0989. The molecular formula is C17H35NO2. The standard InChI is InChI=1S/C17H35NO2/c1-4-7-9-11-12-14-16(17(19)20-6-3)18-15-13-10-8-5-2/h16,18H,4-15H2,1-3H3/t16-/m0/s1. The average molecular weight is 285 g/mol. The highest BCUT2D eigenvalue weighted by atomic mass is 16.5. The van der Waals surface area contributed by atoms with Crippen LogP contribution >= 0.6 is 0 Å². The van der Waals surface area contributed by atoms with Crippen molar-refractivity contribution in [2.24, 2.45) is 0 Å². The fraction of sp³-hybridized carbons (Fsp3) is 0.941. The van der Waals surface area contributed by atoms with Crippen molar-refractivity contribution in [3.63, 3.8) is 0 Å². The molecular weight excluding hydrogens is 250 g/mol. The lowest BCUT2D eigenvalue weighted by Gasteiger charge is -2.17. The highest BCUT2D eigenvalue weighted by Gasteiger charge is 2.18. The third-order valence-corrected chi connectivity index (χ3v) is 3.59. The third kappa shape index (κ3) is 11.3. The molecule has 1 atom stereocenters. The molecule has 3 heteroatoms. The topological polar surface area (TPSA) is 38.3 Å². The highest BCUT2D eigenvalue weighted by molar-refractivity contribution is 5.75. The Hall–Kier alpha value is -0.570. The molecule has 0 fully saturated rings. The van der Waals surface area contributed by atoms with Crippen molar-refractivity contribution >= 4 is 5.97 Å². The normalized spacial score (nSPS) is 12.3. The number of hydrogen-bond acceptors (Lipinski definition) is 3. The van der Waals surface area contributed by atoms with Gasteiger partial charge in [-0.1, -0.05) is 65.2 Å². The maximum atomic E-state index is 11.9. The molecule has 3 nitrogen and oxygen atoms in total. The van der Waals surface area contributed by atoms with Crippen LogP contribution in [0.15, 0.2) is 0 Å². The quantitative estimate of drug-likeness (QED) is 0.378. The minimum atomic E-state index is -0.0989. The smallest absolute Gasteiger partial charge is 0.323 e. The summed E-state index contributed by atoms with van der Waals surface area (Å²) in [7, 11) is 0. The molecule has 0 spiro atoms. The van der Waals surface area contributed by atoms with Gasteiger partial charge in [0, 0.05) is 0 Å². The van der Waals surface area contributed by atoms with Gasteiger partial charge < -0.3 is 10.1 Å². The molecule has 0 aliphatic carbocycles. The van der Waals surface area contributed by atoms with E-state index in [4.69, 9.17) is 4.74 Å². The summed E-state index contributed by atoms with van der Waals surface area (Å²) in [6.07, 6.45) is 12.0. The van der Waals surface area contributed by atoms with E-state index in [1.54, 1.807) is 0 Å². The Bertz CT molecular complexity index is 205. The van der Waals surface area contributed by atoms with Crippen LogP contribution in [-0.4, -0.2) is 25.2 Å². The molecule has 0 amide bonds. The van der Waals surface area contributed by atoms with E-state index in [1.165, 1.54) is 44.9 Å². The minimum absolute atomic E-state index is 0.0708. The Morgan fingerprint density at radius 2 is 1.50 bits per heavy atom. The Kier molecular flexibility index (Phi) is 14.4. The zero-order valence-electron chi connectivity index (χ0n) is 13.9. The summed E-state index contributed by atoms with van der Waals surface area (Å²) >= 11 is 0. The first kappa shape index (κ1) is 19.4. The highest BCUT2D eigenvalue weighted by Crippen LogP contribution is 2.09. The van der Waals surface area contributed by atoms with Gasteiger partial charge in [0.1, 0.15) is 6.04 Å². The van der Waals surface area contributed by atoms with E-state index in [1.807, 2.05) is 6.92 Å². The summed E-state index contributed by atoms with van der Waals surface area (Å²) in [6.45, 7) is 7.71. The number of carbonyl (C=O) groups is 1. The number of esters is 1. The number of unbranched alkanes of at least 4 members (excludes halogenated alkanes) is 7. The lowest BCUT2D eigenvalue weighted by Crippen LogP contribution is -2.38. The molecule has 0 bridgehead atoms. The van der Waals surface area contributed by atoms with Crippen molar-refractivity contribution in [1.82, 2.24) is 5.32 Å². The van der Waals surface area contributed by atoms with E-state index >= 15 is 0 Å². The van der Waals surface area contributed by atoms with Crippen molar-refractivity contribution in [3.05, 3.63) is 0 Å². The number of carbonyl (C=O) groups excluding carboxylic acids is 1. The van der Waals surface area contributed by atoms with Crippen LogP contribution in [0.3, 0.4) is 0 Å². The SMILES string of the molecule is CCCCCCC[C@H](NCCCCCC)C(=O)OCC. The van der Waals surface area contributed by atoms with Gasteiger partial charge in [-0.05, 0) is 26.3 Å². The van der Waals surface area contributed by atoms with E-state index in [0.29, 0.717) is 6.61 Å². The van der Waals surface area contributed by atoms with Crippen LogP contribution in [0.1, 0.15) is 85.0 Å². The second kappa shape index (κ2) is 14.8. The first-order valence-electron chi connectivity index (χ1n) is 8.66. The van der Waals surface area contributed by atoms with Crippen molar-refractivity contribution in [2.75, 3.05) is 13.2 Å². The van der Waals surface area contributed by atoms with Crippen molar-refractivity contribution in [3.8, 4) is 0 Å². The van der Waals surface area contributed by atoms with Crippen LogP contribution in [-0.2, 0) is 9.53 Å². The fourth-order valence-corrected chi connectivity index (χ4v) is 2.33. The lowest BCUT2D eigenvalue weighted by molar-refractivity contribution is -0.145. The molecule has 0 rings (SSSR count). The van der Waals surface area contributed by atoms with E-state index in [0.717, 1.165) is 25.8 Å². The van der Waals surface area contributed by atoms with Gasteiger partial charge in [0.2, 0.25) is 0 Å². The Balaban J connectivity index is 3.85. The van der Waals surface area contributed by atoms with Gasteiger partial charge >= 0.3 is 5.97 Å². The Labute approximate surface area is 125 Å². The molecule has 0 aliphatic heterocycles. The van der Waals surface area contributed by atoms with Gasteiger partial charge in [-0.3, -0.25) is 4.79 Å². The van der Waals surface area contributed by atoms with E-state index < -0.39 is 0 Å². The fourth-order valence-electron chi connectivity index (χ4n) is 2.33. The van der Waals surface area contributed by atoms with Gasteiger partial charge in [0.25, 0.3) is 0 Å². The molecule has 1 N–H and O–H groups in total. The molecule has 0 heterocycles. The number of hydrogen-bond donors (Lipinski definition) is 1. The third-order valence-electron chi connectivity index (χ3n) is 3.59. The van der Waals surface area contributed by atoms with Gasteiger partial charge in [-0.15, -0.1) is 0 Å². The van der Waals surface area contributed by atoms with Gasteiger partial charge in [-0.2, -0.15) is 0 Å². The van der Waals surface area contributed by atoms with E-state index in [9.17, 15) is 4.79 Å². The molecule has 0 aliphatic rings. The largest absolute Gasteiger partial charge is 0.465 e. The predicted molar refractivity (Wildman–Crippen MR) is 85.9 cm³/mol. The van der Waals surface area contributed by atoms with Crippen molar-refractivity contribution < 1.29 is 9.53 Å². The van der Waals surface area contributed by atoms with Crippen LogP contribution in [0.5, 0.6) is 0 Å². The molecule has 0 aromatic carbocycles. The molecule has 120 valence electrons. The van der Waals surface area contributed by atoms with Crippen molar-refractivity contribution in [1.29, 1.82) is 0 Å². The molecule has 0 saturated heterocycles. The van der Waals surface area contributed by atoms with E-state index in [2.05, 4.69) is 19.2 Å². The summed E-state index contributed by atoms with van der Waals surface area (Å²) in [5, 5.41) is 3.38. The second-order valence-electron chi connectivity index (χ2n) is 5.52. The van der Waals surface area contributed by atoms with Crippen molar-refractivity contribution in [2.45, 2.75) is 91.0 Å². The summed E-state index contributed by atoms with van der Waals surface area (Å²) in [5.74, 6) is -0.0708. The molecule has 0 radical (unpaired) electrons. The lowest BCUT2D eigenvalue weighted by atomic mass is 10.1. The Morgan fingerprint density at radius 1 is 0.900 bits per heavy atom. The van der Waals surface area contributed by atoms with Crippen LogP contribution in [0, 0.1) is 0 Å². The van der Waals surface area contributed by atoms with Gasteiger partial charge in [0.15, 0.2) is 0 Å². The number of rotatable bonds is 14. The monoisotopic (exact) mass is 285 g/mol. The van der Waals surface area contributed by atoms with Gasteiger partial charge in [-0.25, -0.2) is 0 Å². The van der Waals surface area contributed by atoms with Crippen LogP contribution in [0.25, 0.3) is 0 Å². The second-order valence-corrected chi connectivity index (χ2v) is 5.52. The molecule has 20 heavy (non-hydrogen) atoms. The molecule has 0 aromatic rings. The number of ether oxygens (including phenoxy) is 1. The molecule has 0 unspecified atom stereocenters. The maximum Gasteiger partial charge on any atom is 0.323 e. The Morgan fingerprint density at radius 3 is 2.10 bits per heavy atom. The average Bonchev–Trinajstić information content (AvgIpc) is 2.44. The van der Waals surface area contributed by atoms with Crippen LogP contribution < -0.4 is 5.32 Å².